The number of rotatable bonds is 6. The number of amides is 1. The number of hydrogen-bond donors (Lipinski definition) is 3. The molecular weight excluding hydrogens is 332 g/mol. The molecule has 3 rings (SSSR count). The summed E-state index contributed by atoms with van der Waals surface area (Å²) in [5.41, 5.74) is 1.12. The number of H-pyrrole nitrogens is 1. The predicted octanol–water partition coefficient (Wildman–Crippen LogP) is 3.60. The van der Waals surface area contributed by atoms with Crippen molar-refractivity contribution < 1.29 is 14.7 Å². The van der Waals surface area contributed by atoms with Crippen molar-refractivity contribution in [2.45, 2.75) is 13.3 Å². The van der Waals surface area contributed by atoms with Crippen LogP contribution < -0.4 is 5.32 Å². The van der Waals surface area contributed by atoms with Gasteiger partial charge in [0.15, 0.2) is 0 Å². The van der Waals surface area contributed by atoms with Gasteiger partial charge >= 0.3 is 5.97 Å². The summed E-state index contributed by atoms with van der Waals surface area (Å²) in [5.74, 6) is -0.861. The van der Waals surface area contributed by atoms with Crippen LogP contribution in [0.15, 0.2) is 29.0 Å². The molecule has 120 valence electrons. The fraction of sp³-hybridized carbons (Fsp3) is 0.250. The average molecular weight is 348 g/mol. The van der Waals surface area contributed by atoms with E-state index in [1.807, 2.05) is 11.4 Å². The molecule has 1 unspecified atom stereocenters. The van der Waals surface area contributed by atoms with Gasteiger partial charge in [-0.25, -0.2) is 4.79 Å². The number of aromatic amines is 1. The lowest BCUT2D eigenvalue weighted by atomic mass is 10.1. The third-order valence-corrected chi connectivity index (χ3v) is 5.40. The van der Waals surface area contributed by atoms with E-state index in [2.05, 4.69) is 23.3 Å². The Hall–Kier alpha value is -2.12. The van der Waals surface area contributed by atoms with Crippen molar-refractivity contribution in [3.05, 3.63) is 45.1 Å². The number of carboxylic acids is 1. The quantitative estimate of drug-likeness (QED) is 0.636. The molecule has 3 N–H and O–H groups in total. The first-order chi connectivity index (χ1) is 11.0. The van der Waals surface area contributed by atoms with Crippen molar-refractivity contribution in [2.75, 3.05) is 6.54 Å². The van der Waals surface area contributed by atoms with Gasteiger partial charge in [0.1, 0.15) is 5.69 Å². The van der Waals surface area contributed by atoms with Gasteiger partial charge in [-0.2, -0.15) is 0 Å². The molecule has 1 atom stereocenters. The van der Waals surface area contributed by atoms with Gasteiger partial charge < -0.3 is 15.4 Å². The maximum absolute atomic E-state index is 12.2. The van der Waals surface area contributed by atoms with Crippen LogP contribution in [0.4, 0.5) is 0 Å². The lowest BCUT2D eigenvalue weighted by Crippen LogP contribution is -2.29. The summed E-state index contributed by atoms with van der Waals surface area (Å²) in [4.78, 5) is 27.5. The van der Waals surface area contributed by atoms with E-state index in [1.165, 1.54) is 16.2 Å². The second kappa shape index (κ2) is 6.55. The summed E-state index contributed by atoms with van der Waals surface area (Å²) >= 11 is 3.03. The molecule has 23 heavy (non-hydrogen) atoms. The van der Waals surface area contributed by atoms with E-state index in [-0.39, 0.29) is 11.5 Å². The van der Waals surface area contributed by atoms with Crippen LogP contribution in [0.1, 0.15) is 32.6 Å². The van der Waals surface area contributed by atoms with E-state index >= 15 is 0 Å². The largest absolute Gasteiger partial charge is 0.478 e. The predicted molar refractivity (Wildman–Crippen MR) is 92.7 cm³/mol. The number of thiophene rings is 2. The molecule has 1 amide bonds. The number of fused-ring (bicyclic) bond motifs is 1. The lowest BCUT2D eigenvalue weighted by Gasteiger charge is -2.11. The average Bonchev–Trinajstić information content (AvgIpc) is 3.20. The van der Waals surface area contributed by atoms with Crippen LogP contribution in [-0.4, -0.2) is 28.5 Å². The van der Waals surface area contributed by atoms with Crippen molar-refractivity contribution in [3.63, 3.8) is 0 Å². The van der Waals surface area contributed by atoms with Crippen molar-refractivity contribution in [3.8, 4) is 0 Å². The van der Waals surface area contributed by atoms with Gasteiger partial charge in [0.05, 0.1) is 15.8 Å². The maximum Gasteiger partial charge on any atom is 0.338 e. The van der Waals surface area contributed by atoms with Crippen molar-refractivity contribution >= 4 is 44.8 Å². The summed E-state index contributed by atoms with van der Waals surface area (Å²) in [5, 5.41) is 15.6. The Balaban J connectivity index is 1.63. The maximum atomic E-state index is 12.2. The Morgan fingerprint density at radius 2 is 2.22 bits per heavy atom. The van der Waals surface area contributed by atoms with E-state index in [0.717, 1.165) is 11.1 Å². The van der Waals surface area contributed by atoms with Crippen LogP contribution in [0.5, 0.6) is 0 Å². The zero-order valence-electron chi connectivity index (χ0n) is 12.5. The number of aromatic carboxylic acids is 1. The van der Waals surface area contributed by atoms with Crippen molar-refractivity contribution in [2.24, 2.45) is 5.92 Å². The molecule has 0 bridgehead atoms. The van der Waals surface area contributed by atoms with Gasteiger partial charge in [-0.3, -0.25) is 4.79 Å². The van der Waals surface area contributed by atoms with Crippen LogP contribution in [0, 0.1) is 5.92 Å². The van der Waals surface area contributed by atoms with Gasteiger partial charge in [0, 0.05) is 16.8 Å². The normalized spacial score (nSPS) is 12.4. The number of carbonyl (C=O) groups excluding carboxylic acids is 1. The molecule has 0 saturated carbocycles. The van der Waals surface area contributed by atoms with Crippen LogP contribution >= 0.6 is 22.7 Å². The first-order valence-corrected chi connectivity index (χ1v) is 8.94. The SMILES string of the molecule is CC(CNC(=O)c1cc2scc(C(=O)O)c2[nH]1)Cc1cccs1. The van der Waals surface area contributed by atoms with E-state index in [9.17, 15) is 9.59 Å². The minimum absolute atomic E-state index is 0.204. The van der Waals surface area contributed by atoms with Crippen LogP contribution in [0.2, 0.25) is 0 Å². The number of carboxylic acid groups (broad SMARTS) is 1. The molecule has 0 aromatic carbocycles. The third kappa shape index (κ3) is 3.46. The molecule has 0 aliphatic carbocycles. The number of hydrogen-bond acceptors (Lipinski definition) is 4. The molecule has 0 spiro atoms. The minimum atomic E-state index is -0.991. The Bertz CT molecular complexity index is 833. The highest BCUT2D eigenvalue weighted by molar-refractivity contribution is 7.17. The number of aromatic nitrogens is 1. The summed E-state index contributed by atoms with van der Waals surface area (Å²) < 4.78 is 0.777. The summed E-state index contributed by atoms with van der Waals surface area (Å²) in [6.45, 7) is 2.67. The van der Waals surface area contributed by atoms with Crippen LogP contribution in [-0.2, 0) is 6.42 Å². The Kier molecular flexibility index (Phi) is 4.49. The van der Waals surface area contributed by atoms with Crippen molar-refractivity contribution in [1.29, 1.82) is 0 Å². The molecule has 3 aromatic heterocycles. The highest BCUT2D eigenvalue weighted by Gasteiger charge is 2.17. The summed E-state index contributed by atoms with van der Waals surface area (Å²) in [6.07, 6.45) is 0.931. The van der Waals surface area contributed by atoms with Crippen molar-refractivity contribution in [1.82, 2.24) is 10.3 Å². The summed E-state index contributed by atoms with van der Waals surface area (Å²) in [7, 11) is 0. The van der Waals surface area contributed by atoms with E-state index in [0.29, 0.717) is 23.7 Å². The smallest absolute Gasteiger partial charge is 0.338 e. The topological polar surface area (TPSA) is 82.2 Å². The molecule has 0 radical (unpaired) electrons. The second-order valence-corrected chi connectivity index (χ2v) is 7.42. The van der Waals surface area contributed by atoms with E-state index in [4.69, 9.17) is 5.11 Å². The van der Waals surface area contributed by atoms with Gasteiger partial charge in [0.2, 0.25) is 0 Å². The molecule has 0 aliphatic heterocycles. The van der Waals surface area contributed by atoms with E-state index < -0.39 is 5.97 Å². The fourth-order valence-electron chi connectivity index (χ4n) is 2.40. The van der Waals surface area contributed by atoms with E-state index in [1.54, 1.807) is 22.8 Å². The Morgan fingerprint density at radius 1 is 1.39 bits per heavy atom. The summed E-state index contributed by atoms with van der Waals surface area (Å²) in [6, 6.07) is 5.82. The Labute approximate surface area is 141 Å². The molecule has 7 heteroatoms. The standard InChI is InChI=1S/C16H16N2O3S2/c1-9(5-10-3-2-4-22-10)7-17-15(19)12-6-13-14(18-12)11(8-23-13)16(20)21/h2-4,6,8-9,18H,5,7H2,1H3,(H,17,19)(H,20,21). The van der Waals surface area contributed by atoms with Gasteiger partial charge in [0.25, 0.3) is 5.91 Å². The Morgan fingerprint density at radius 3 is 2.91 bits per heavy atom. The van der Waals surface area contributed by atoms with Crippen LogP contribution in [0.3, 0.4) is 0 Å². The van der Waals surface area contributed by atoms with Gasteiger partial charge in [-0.1, -0.05) is 13.0 Å². The molecule has 0 fully saturated rings. The molecule has 5 nitrogen and oxygen atoms in total. The molecule has 0 saturated heterocycles. The van der Waals surface area contributed by atoms with Gasteiger partial charge in [-0.15, -0.1) is 22.7 Å². The minimum Gasteiger partial charge on any atom is -0.478 e. The first kappa shape index (κ1) is 15.8. The van der Waals surface area contributed by atoms with Gasteiger partial charge in [-0.05, 0) is 29.9 Å². The molecule has 3 aromatic rings. The highest BCUT2D eigenvalue weighted by atomic mass is 32.1. The number of carbonyl (C=O) groups is 2. The first-order valence-electron chi connectivity index (χ1n) is 7.18. The lowest BCUT2D eigenvalue weighted by molar-refractivity contribution is 0.0699. The number of nitrogens with one attached hydrogen (secondary N) is 2. The van der Waals surface area contributed by atoms with Crippen LogP contribution in [0.25, 0.3) is 10.2 Å². The monoisotopic (exact) mass is 348 g/mol. The fourth-order valence-corrected chi connectivity index (χ4v) is 4.19. The molecule has 3 heterocycles. The highest BCUT2D eigenvalue weighted by Crippen LogP contribution is 2.26. The zero-order valence-corrected chi connectivity index (χ0v) is 14.1. The second-order valence-electron chi connectivity index (χ2n) is 5.48. The molecular formula is C16H16N2O3S2. The molecule has 0 aliphatic rings. The third-order valence-electron chi connectivity index (χ3n) is 3.57. The zero-order chi connectivity index (χ0) is 16.4.